The summed E-state index contributed by atoms with van der Waals surface area (Å²) in [5.41, 5.74) is 6.63. The van der Waals surface area contributed by atoms with E-state index in [4.69, 9.17) is 12.2 Å². The molecule has 0 radical (unpaired) electrons. The van der Waals surface area contributed by atoms with Crippen LogP contribution in [0.5, 0.6) is 0 Å². The van der Waals surface area contributed by atoms with E-state index < -0.39 is 0 Å². The zero-order valence-electron chi connectivity index (χ0n) is 20.2. The molecule has 1 aliphatic heterocycles. The lowest BCUT2D eigenvalue weighted by molar-refractivity contribution is -0.117. The first-order valence-corrected chi connectivity index (χ1v) is 12.7. The van der Waals surface area contributed by atoms with Gasteiger partial charge in [0.25, 0.3) is 0 Å². The van der Waals surface area contributed by atoms with Crippen molar-refractivity contribution in [2.24, 2.45) is 0 Å². The molecule has 2 N–H and O–H groups in total. The Morgan fingerprint density at radius 1 is 0.971 bits per heavy atom. The molecule has 0 unspecified atom stereocenters. The molecule has 2 aromatic carbocycles. The molecule has 1 amide bonds. The molecule has 1 saturated heterocycles. The Balaban J connectivity index is 1.27. The summed E-state index contributed by atoms with van der Waals surface area (Å²) in [7, 11) is 0. The number of hydrogen-bond acceptors (Lipinski definition) is 7. The third-order valence-electron chi connectivity index (χ3n) is 6.28. The van der Waals surface area contributed by atoms with Gasteiger partial charge in [0.1, 0.15) is 0 Å². The Labute approximate surface area is 210 Å². The van der Waals surface area contributed by atoms with Crippen molar-refractivity contribution in [3.63, 3.8) is 0 Å². The molecule has 180 valence electrons. The van der Waals surface area contributed by atoms with Crippen LogP contribution >= 0.6 is 23.6 Å². The predicted octanol–water partition coefficient (Wildman–Crippen LogP) is 4.87. The lowest BCUT2D eigenvalue weighted by atomic mass is 10.1. The second-order valence-electron chi connectivity index (χ2n) is 8.95. The predicted molar refractivity (Wildman–Crippen MR) is 143 cm³/mol. The summed E-state index contributed by atoms with van der Waals surface area (Å²) < 4.78 is 2.63. The van der Waals surface area contributed by atoms with E-state index in [1.54, 1.807) is 0 Å². The number of carbonyl (C=O) groups excluding carboxylic acids is 1. The molecule has 0 aliphatic carbocycles. The average Bonchev–Trinajstić information content (AvgIpc) is 3.13. The van der Waals surface area contributed by atoms with Crippen LogP contribution in [0.1, 0.15) is 22.3 Å². The SMILES string of the molecule is Cc1ccc(Nc2nn(CN3CCN(CC(=O)Nc4c(C)cccc4C)CC3)c(=S)s2)cc1C. The molecule has 0 spiro atoms. The fraction of sp³-hybridized carbons (Fsp3) is 0.400. The van der Waals surface area contributed by atoms with Crippen molar-refractivity contribution in [2.75, 3.05) is 43.4 Å². The first-order chi connectivity index (χ1) is 16.3. The number of carbonyl (C=O) groups is 1. The Bertz CT molecular complexity index is 1210. The van der Waals surface area contributed by atoms with E-state index in [0.717, 1.165) is 57.8 Å². The second kappa shape index (κ2) is 10.8. The fourth-order valence-corrected chi connectivity index (χ4v) is 5.07. The summed E-state index contributed by atoms with van der Waals surface area (Å²) in [4.78, 5) is 17.1. The number of aryl methyl sites for hydroxylation is 4. The van der Waals surface area contributed by atoms with Gasteiger partial charge in [-0.2, -0.15) is 0 Å². The van der Waals surface area contributed by atoms with Gasteiger partial charge in [-0.25, -0.2) is 4.68 Å². The van der Waals surface area contributed by atoms with Crippen LogP contribution in [0.15, 0.2) is 36.4 Å². The van der Waals surface area contributed by atoms with E-state index in [2.05, 4.69) is 57.6 Å². The molecule has 4 rings (SSSR count). The molecule has 0 bridgehead atoms. The van der Waals surface area contributed by atoms with Crippen molar-refractivity contribution in [2.45, 2.75) is 34.4 Å². The molecule has 0 saturated carbocycles. The average molecular weight is 497 g/mol. The van der Waals surface area contributed by atoms with Gasteiger partial charge in [-0.3, -0.25) is 14.6 Å². The largest absolute Gasteiger partial charge is 0.330 e. The number of benzene rings is 2. The normalized spacial score (nSPS) is 14.8. The van der Waals surface area contributed by atoms with Crippen LogP contribution in [0.2, 0.25) is 0 Å². The Hall–Kier alpha value is -2.59. The lowest BCUT2D eigenvalue weighted by Crippen LogP contribution is -2.49. The van der Waals surface area contributed by atoms with Crippen molar-refractivity contribution < 1.29 is 4.79 Å². The minimum atomic E-state index is 0.0367. The van der Waals surface area contributed by atoms with Gasteiger partial charge >= 0.3 is 0 Å². The van der Waals surface area contributed by atoms with Gasteiger partial charge in [-0.15, -0.1) is 5.10 Å². The number of nitrogens with zero attached hydrogens (tertiary/aromatic N) is 4. The monoisotopic (exact) mass is 496 g/mol. The van der Waals surface area contributed by atoms with Crippen LogP contribution in [-0.4, -0.2) is 58.2 Å². The van der Waals surface area contributed by atoms with E-state index in [1.807, 2.05) is 36.7 Å². The van der Waals surface area contributed by atoms with E-state index in [9.17, 15) is 4.79 Å². The second-order valence-corrected chi connectivity index (χ2v) is 10.6. The summed E-state index contributed by atoms with van der Waals surface area (Å²) in [6, 6.07) is 12.3. The van der Waals surface area contributed by atoms with Crippen molar-refractivity contribution in [3.8, 4) is 0 Å². The summed E-state index contributed by atoms with van der Waals surface area (Å²) in [6.07, 6.45) is 0. The maximum atomic E-state index is 12.6. The van der Waals surface area contributed by atoms with Crippen molar-refractivity contribution in [3.05, 3.63) is 62.6 Å². The van der Waals surface area contributed by atoms with Gasteiger partial charge in [0.2, 0.25) is 11.0 Å². The Kier molecular flexibility index (Phi) is 7.77. The number of piperazine rings is 1. The highest BCUT2D eigenvalue weighted by molar-refractivity contribution is 7.73. The maximum Gasteiger partial charge on any atom is 0.238 e. The van der Waals surface area contributed by atoms with Gasteiger partial charge in [0.15, 0.2) is 3.95 Å². The third-order valence-corrected chi connectivity index (χ3v) is 7.50. The standard InChI is InChI=1S/C25H32N6OS2/c1-17-8-9-21(14-20(17)4)26-24-28-31(25(33)34-24)16-30-12-10-29(11-13-30)15-22(32)27-23-18(2)6-5-7-19(23)3/h5-9,14H,10-13,15-16H2,1-4H3,(H,26,28)(H,27,32). The van der Waals surface area contributed by atoms with Crippen LogP contribution in [0.3, 0.4) is 0 Å². The molecular formula is C25H32N6OS2. The number of rotatable bonds is 7. The highest BCUT2D eigenvalue weighted by atomic mass is 32.1. The summed E-state index contributed by atoms with van der Waals surface area (Å²) in [5, 5.41) is 11.9. The number of amides is 1. The van der Waals surface area contributed by atoms with E-state index in [-0.39, 0.29) is 5.91 Å². The highest BCUT2D eigenvalue weighted by Gasteiger charge is 2.20. The summed E-state index contributed by atoms with van der Waals surface area (Å²) >= 11 is 7.04. The van der Waals surface area contributed by atoms with Gasteiger partial charge in [-0.1, -0.05) is 35.6 Å². The van der Waals surface area contributed by atoms with Crippen LogP contribution in [0, 0.1) is 31.6 Å². The minimum absolute atomic E-state index is 0.0367. The first-order valence-electron chi connectivity index (χ1n) is 11.5. The molecule has 34 heavy (non-hydrogen) atoms. The number of anilines is 3. The number of hydrogen-bond donors (Lipinski definition) is 2. The third kappa shape index (κ3) is 6.09. The number of para-hydroxylation sites is 1. The molecule has 1 aliphatic rings. The van der Waals surface area contributed by atoms with E-state index in [0.29, 0.717) is 13.2 Å². The number of nitrogens with one attached hydrogen (secondary N) is 2. The highest BCUT2D eigenvalue weighted by Crippen LogP contribution is 2.23. The summed E-state index contributed by atoms with van der Waals surface area (Å²) in [6.45, 7) is 12.7. The van der Waals surface area contributed by atoms with Crippen LogP contribution < -0.4 is 10.6 Å². The fourth-order valence-electron chi connectivity index (χ4n) is 4.06. The first kappa shape index (κ1) is 24.5. The summed E-state index contributed by atoms with van der Waals surface area (Å²) in [5.74, 6) is 0.0367. The Morgan fingerprint density at radius 2 is 1.65 bits per heavy atom. The molecular weight excluding hydrogens is 464 g/mol. The zero-order valence-corrected chi connectivity index (χ0v) is 21.9. The molecule has 9 heteroatoms. The smallest absolute Gasteiger partial charge is 0.238 e. The lowest BCUT2D eigenvalue weighted by Gasteiger charge is -2.34. The molecule has 3 aromatic rings. The van der Waals surface area contributed by atoms with Gasteiger partial charge in [-0.05, 0) is 74.3 Å². The molecule has 0 atom stereocenters. The van der Waals surface area contributed by atoms with Crippen LogP contribution in [0.4, 0.5) is 16.5 Å². The molecule has 2 heterocycles. The van der Waals surface area contributed by atoms with Gasteiger partial charge < -0.3 is 10.6 Å². The number of aromatic nitrogens is 2. The topological polar surface area (TPSA) is 65.4 Å². The van der Waals surface area contributed by atoms with Crippen LogP contribution in [-0.2, 0) is 11.5 Å². The Morgan fingerprint density at radius 3 is 2.32 bits per heavy atom. The zero-order chi connectivity index (χ0) is 24.2. The van der Waals surface area contributed by atoms with E-state index >= 15 is 0 Å². The maximum absolute atomic E-state index is 12.6. The van der Waals surface area contributed by atoms with E-state index in [1.165, 1.54) is 22.5 Å². The van der Waals surface area contributed by atoms with Crippen LogP contribution in [0.25, 0.3) is 0 Å². The quantitative estimate of drug-likeness (QED) is 0.455. The van der Waals surface area contributed by atoms with Gasteiger partial charge in [0.05, 0.1) is 13.2 Å². The molecule has 7 nitrogen and oxygen atoms in total. The van der Waals surface area contributed by atoms with Crippen molar-refractivity contribution >= 4 is 46.0 Å². The van der Waals surface area contributed by atoms with Gasteiger partial charge in [0, 0.05) is 37.6 Å². The minimum Gasteiger partial charge on any atom is -0.330 e. The van der Waals surface area contributed by atoms with Crippen molar-refractivity contribution in [1.29, 1.82) is 0 Å². The van der Waals surface area contributed by atoms with Crippen molar-refractivity contribution in [1.82, 2.24) is 19.6 Å². The molecule has 1 aromatic heterocycles. The molecule has 1 fully saturated rings.